The van der Waals surface area contributed by atoms with E-state index in [9.17, 15) is 4.79 Å². The second-order valence-corrected chi connectivity index (χ2v) is 6.80. The first-order valence-corrected chi connectivity index (χ1v) is 6.87. The Balaban J connectivity index is 2.60. The van der Waals surface area contributed by atoms with Crippen LogP contribution in [0.2, 0.25) is 0 Å². The number of carbonyl (C=O) groups is 1. The third kappa shape index (κ3) is 5.61. The van der Waals surface area contributed by atoms with E-state index in [2.05, 4.69) is 26.1 Å². The Morgan fingerprint density at radius 3 is 2.35 bits per heavy atom. The van der Waals surface area contributed by atoms with Crippen LogP contribution in [0.5, 0.6) is 5.75 Å². The molecule has 1 amide bonds. The molecule has 0 aromatic heterocycles. The van der Waals surface area contributed by atoms with Crippen LogP contribution in [-0.2, 0) is 10.2 Å². The Morgan fingerprint density at radius 1 is 1.20 bits per heavy atom. The van der Waals surface area contributed by atoms with Gasteiger partial charge in [0.25, 0.3) is 5.91 Å². The van der Waals surface area contributed by atoms with Crippen molar-refractivity contribution in [3.8, 4) is 5.75 Å². The Hall–Kier alpha value is -1.55. The van der Waals surface area contributed by atoms with Gasteiger partial charge in [0, 0.05) is 12.1 Å². The normalized spacial score (nSPS) is 12.1. The van der Waals surface area contributed by atoms with Crippen LogP contribution in [0.3, 0.4) is 0 Å². The quantitative estimate of drug-likeness (QED) is 0.868. The van der Waals surface area contributed by atoms with E-state index in [4.69, 9.17) is 10.5 Å². The third-order valence-electron chi connectivity index (χ3n) is 2.80. The Kier molecular flexibility index (Phi) is 5.17. The van der Waals surface area contributed by atoms with Crippen molar-refractivity contribution in [2.24, 2.45) is 5.73 Å². The Morgan fingerprint density at radius 2 is 1.80 bits per heavy atom. The zero-order valence-corrected chi connectivity index (χ0v) is 13.1. The molecule has 0 atom stereocenters. The highest BCUT2D eigenvalue weighted by Gasteiger charge is 2.19. The van der Waals surface area contributed by atoms with Gasteiger partial charge in [-0.05, 0) is 30.9 Å². The molecule has 0 unspecified atom stereocenters. The first kappa shape index (κ1) is 16.5. The van der Waals surface area contributed by atoms with E-state index in [0.717, 1.165) is 11.3 Å². The average Bonchev–Trinajstić information content (AvgIpc) is 2.32. The molecule has 20 heavy (non-hydrogen) atoms. The van der Waals surface area contributed by atoms with Crippen LogP contribution in [0.15, 0.2) is 24.3 Å². The van der Waals surface area contributed by atoms with Crippen molar-refractivity contribution in [3.63, 3.8) is 0 Å². The number of benzene rings is 1. The van der Waals surface area contributed by atoms with E-state index >= 15 is 0 Å². The van der Waals surface area contributed by atoms with E-state index in [1.54, 1.807) is 0 Å². The molecule has 0 saturated heterocycles. The minimum Gasteiger partial charge on any atom is -0.483 e. The third-order valence-corrected chi connectivity index (χ3v) is 2.80. The number of amides is 1. The first-order valence-electron chi connectivity index (χ1n) is 6.87. The molecule has 0 saturated carbocycles. The van der Waals surface area contributed by atoms with Gasteiger partial charge in [0.15, 0.2) is 6.61 Å². The van der Waals surface area contributed by atoms with Gasteiger partial charge in [-0.1, -0.05) is 39.0 Å². The van der Waals surface area contributed by atoms with Gasteiger partial charge in [0.1, 0.15) is 5.75 Å². The minimum absolute atomic E-state index is 0.00315. The summed E-state index contributed by atoms with van der Waals surface area (Å²) in [6.07, 6.45) is 0. The number of hydrogen-bond donors (Lipinski definition) is 2. The molecule has 4 nitrogen and oxygen atoms in total. The molecule has 0 spiro atoms. The van der Waals surface area contributed by atoms with E-state index in [0.29, 0.717) is 6.54 Å². The van der Waals surface area contributed by atoms with Crippen molar-refractivity contribution in [2.45, 2.75) is 45.6 Å². The van der Waals surface area contributed by atoms with E-state index < -0.39 is 5.54 Å². The summed E-state index contributed by atoms with van der Waals surface area (Å²) in [4.78, 5) is 11.7. The van der Waals surface area contributed by atoms with Crippen LogP contribution in [0.25, 0.3) is 0 Å². The molecule has 0 radical (unpaired) electrons. The Labute approximate surface area is 121 Å². The number of rotatable bonds is 5. The van der Waals surface area contributed by atoms with Gasteiger partial charge in [-0.2, -0.15) is 0 Å². The van der Waals surface area contributed by atoms with Crippen LogP contribution in [0.4, 0.5) is 0 Å². The number of ether oxygens (including phenoxy) is 1. The van der Waals surface area contributed by atoms with Gasteiger partial charge in [-0.15, -0.1) is 0 Å². The maximum atomic E-state index is 11.7. The van der Waals surface area contributed by atoms with Crippen molar-refractivity contribution in [3.05, 3.63) is 29.8 Å². The summed E-state index contributed by atoms with van der Waals surface area (Å²) in [7, 11) is 0. The lowest BCUT2D eigenvalue weighted by atomic mass is 9.86. The predicted molar refractivity (Wildman–Crippen MR) is 81.9 cm³/mol. The minimum atomic E-state index is -0.418. The van der Waals surface area contributed by atoms with Crippen molar-refractivity contribution in [1.29, 1.82) is 0 Å². The molecule has 0 aliphatic carbocycles. The molecule has 0 fully saturated rings. The number of hydrogen-bond acceptors (Lipinski definition) is 3. The summed E-state index contributed by atoms with van der Waals surface area (Å²) in [6, 6.07) is 7.80. The standard InChI is InChI=1S/C16H26N2O2/c1-15(2,3)12-8-6-7-9-13(12)20-10-14(19)18-11-16(4,5)17/h6-9H,10-11,17H2,1-5H3,(H,18,19). The predicted octanol–water partition coefficient (Wildman–Crippen LogP) is 2.22. The van der Waals surface area contributed by atoms with E-state index in [1.807, 2.05) is 38.1 Å². The number of nitrogens with one attached hydrogen (secondary N) is 1. The molecule has 1 aromatic carbocycles. The zero-order chi connectivity index (χ0) is 15.4. The second-order valence-electron chi connectivity index (χ2n) is 6.80. The van der Waals surface area contributed by atoms with Gasteiger partial charge in [0.05, 0.1) is 0 Å². The van der Waals surface area contributed by atoms with Crippen molar-refractivity contribution in [1.82, 2.24) is 5.32 Å². The molecule has 1 aromatic rings. The first-order chi connectivity index (χ1) is 9.09. The average molecular weight is 278 g/mol. The highest BCUT2D eigenvalue weighted by atomic mass is 16.5. The fourth-order valence-electron chi connectivity index (χ4n) is 1.73. The fourth-order valence-corrected chi connectivity index (χ4v) is 1.73. The monoisotopic (exact) mass is 278 g/mol. The molecule has 0 bridgehead atoms. The van der Waals surface area contributed by atoms with Gasteiger partial charge >= 0.3 is 0 Å². The lowest BCUT2D eigenvalue weighted by Gasteiger charge is -2.23. The highest BCUT2D eigenvalue weighted by molar-refractivity contribution is 5.77. The van der Waals surface area contributed by atoms with Gasteiger partial charge in [0.2, 0.25) is 0 Å². The zero-order valence-electron chi connectivity index (χ0n) is 13.1. The van der Waals surface area contributed by atoms with Crippen LogP contribution < -0.4 is 15.8 Å². The summed E-state index contributed by atoms with van der Waals surface area (Å²) in [5.41, 5.74) is 6.47. The maximum absolute atomic E-state index is 11.7. The molecule has 1 rings (SSSR count). The fraction of sp³-hybridized carbons (Fsp3) is 0.562. The number of nitrogens with two attached hydrogens (primary N) is 1. The molecular formula is C16H26N2O2. The largest absolute Gasteiger partial charge is 0.483 e. The smallest absolute Gasteiger partial charge is 0.258 e. The lowest BCUT2D eigenvalue weighted by Crippen LogP contribution is -2.46. The topological polar surface area (TPSA) is 64.3 Å². The number of para-hydroxylation sites is 1. The molecule has 4 heteroatoms. The van der Waals surface area contributed by atoms with Crippen molar-refractivity contribution in [2.75, 3.05) is 13.2 Å². The summed E-state index contributed by atoms with van der Waals surface area (Å²) in [5.74, 6) is 0.592. The number of carbonyl (C=O) groups excluding carboxylic acids is 1. The lowest BCUT2D eigenvalue weighted by molar-refractivity contribution is -0.123. The molecule has 0 heterocycles. The molecule has 112 valence electrons. The second kappa shape index (κ2) is 6.27. The van der Waals surface area contributed by atoms with Crippen LogP contribution >= 0.6 is 0 Å². The SMILES string of the molecule is CC(C)(N)CNC(=O)COc1ccccc1C(C)(C)C. The molecule has 0 aliphatic rings. The van der Waals surface area contributed by atoms with Crippen molar-refractivity contribution >= 4 is 5.91 Å². The van der Waals surface area contributed by atoms with Crippen LogP contribution in [-0.4, -0.2) is 24.6 Å². The van der Waals surface area contributed by atoms with Gasteiger partial charge < -0.3 is 15.8 Å². The Bertz CT molecular complexity index is 456. The highest BCUT2D eigenvalue weighted by Crippen LogP contribution is 2.30. The summed E-state index contributed by atoms with van der Waals surface area (Å²) in [6.45, 7) is 10.5. The molecule has 3 N–H and O–H groups in total. The maximum Gasteiger partial charge on any atom is 0.258 e. The summed E-state index contributed by atoms with van der Waals surface area (Å²) in [5, 5.41) is 2.76. The molecular weight excluding hydrogens is 252 g/mol. The van der Waals surface area contributed by atoms with Crippen LogP contribution in [0.1, 0.15) is 40.2 Å². The van der Waals surface area contributed by atoms with Crippen molar-refractivity contribution < 1.29 is 9.53 Å². The van der Waals surface area contributed by atoms with Crippen LogP contribution in [0, 0.1) is 0 Å². The summed E-state index contributed by atoms with van der Waals surface area (Å²) >= 11 is 0. The van der Waals surface area contributed by atoms with E-state index in [1.165, 1.54) is 0 Å². The van der Waals surface area contributed by atoms with Gasteiger partial charge in [-0.3, -0.25) is 4.79 Å². The summed E-state index contributed by atoms with van der Waals surface area (Å²) < 4.78 is 5.64. The molecule has 0 aliphatic heterocycles. The van der Waals surface area contributed by atoms with E-state index in [-0.39, 0.29) is 17.9 Å². The van der Waals surface area contributed by atoms with Gasteiger partial charge in [-0.25, -0.2) is 0 Å².